The highest BCUT2D eigenvalue weighted by Gasteiger charge is 2.23. The minimum absolute atomic E-state index is 0.108. The maximum Gasteiger partial charge on any atom is 0.260 e. The molecule has 0 unspecified atom stereocenters. The van der Waals surface area contributed by atoms with Gasteiger partial charge in [0, 0.05) is 4.88 Å². The molecular formula is C13H16N2O2S. The summed E-state index contributed by atoms with van der Waals surface area (Å²) in [5.74, 6) is 1.04. The Morgan fingerprint density at radius 1 is 1.56 bits per heavy atom. The van der Waals surface area contributed by atoms with Gasteiger partial charge in [0.25, 0.3) is 5.56 Å². The molecule has 2 heterocycles. The van der Waals surface area contributed by atoms with Crippen molar-refractivity contribution in [1.82, 2.24) is 9.97 Å². The van der Waals surface area contributed by atoms with Crippen LogP contribution in [0.1, 0.15) is 42.6 Å². The molecule has 18 heavy (non-hydrogen) atoms. The normalized spacial score (nSPS) is 20.9. The molecule has 0 saturated carbocycles. The number of aromatic nitrogens is 2. The zero-order valence-electron chi connectivity index (χ0n) is 10.5. The van der Waals surface area contributed by atoms with Gasteiger partial charge in [0.05, 0.1) is 5.39 Å². The predicted octanol–water partition coefficient (Wildman–Crippen LogP) is 2.16. The fourth-order valence-electron chi connectivity index (χ4n) is 2.56. The molecule has 0 bridgehead atoms. The van der Waals surface area contributed by atoms with Gasteiger partial charge in [-0.05, 0) is 37.7 Å². The highest BCUT2D eigenvalue weighted by molar-refractivity contribution is 7.18. The van der Waals surface area contributed by atoms with Crippen molar-refractivity contribution in [3.63, 3.8) is 0 Å². The Labute approximate surface area is 109 Å². The summed E-state index contributed by atoms with van der Waals surface area (Å²) in [7, 11) is 0. The lowest BCUT2D eigenvalue weighted by Gasteiger charge is -2.17. The first-order chi connectivity index (χ1) is 8.56. The van der Waals surface area contributed by atoms with Crippen molar-refractivity contribution in [3.8, 4) is 0 Å². The van der Waals surface area contributed by atoms with Gasteiger partial charge >= 0.3 is 0 Å². The third-order valence-electron chi connectivity index (χ3n) is 3.58. The van der Waals surface area contributed by atoms with Gasteiger partial charge in [0.15, 0.2) is 0 Å². The van der Waals surface area contributed by atoms with E-state index in [1.165, 1.54) is 10.4 Å². The molecule has 0 fully saturated rings. The van der Waals surface area contributed by atoms with Gasteiger partial charge in [0.1, 0.15) is 16.8 Å². The van der Waals surface area contributed by atoms with Crippen molar-refractivity contribution >= 4 is 21.6 Å². The van der Waals surface area contributed by atoms with E-state index in [2.05, 4.69) is 16.9 Å². The molecule has 2 aromatic rings. The summed E-state index contributed by atoms with van der Waals surface area (Å²) in [4.78, 5) is 21.3. The van der Waals surface area contributed by atoms with Crippen LogP contribution < -0.4 is 5.56 Å². The topological polar surface area (TPSA) is 66.0 Å². The number of hydrogen-bond acceptors (Lipinski definition) is 4. The molecule has 0 amide bonds. The van der Waals surface area contributed by atoms with Gasteiger partial charge in [-0.15, -0.1) is 11.3 Å². The Balaban J connectivity index is 2.25. The lowest BCUT2D eigenvalue weighted by atomic mass is 9.89. The highest BCUT2D eigenvalue weighted by atomic mass is 32.1. The minimum Gasteiger partial charge on any atom is -0.385 e. The van der Waals surface area contributed by atoms with E-state index < -0.39 is 6.10 Å². The average molecular weight is 264 g/mol. The van der Waals surface area contributed by atoms with E-state index in [-0.39, 0.29) is 5.56 Å². The Morgan fingerprint density at radius 3 is 3.06 bits per heavy atom. The van der Waals surface area contributed by atoms with Crippen molar-refractivity contribution in [3.05, 3.63) is 26.6 Å². The number of nitrogens with zero attached hydrogens (tertiary/aromatic N) is 1. The van der Waals surface area contributed by atoms with Gasteiger partial charge in [-0.1, -0.05) is 6.92 Å². The zero-order chi connectivity index (χ0) is 12.9. The van der Waals surface area contributed by atoms with E-state index >= 15 is 0 Å². The van der Waals surface area contributed by atoms with Crippen LogP contribution in [0.3, 0.4) is 0 Å². The third kappa shape index (κ3) is 1.78. The van der Waals surface area contributed by atoms with Crippen LogP contribution in [0.2, 0.25) is 0 Å². The first-order valence-corrected chi connectivity index (χ1v) is 7.10. The SMILES string of the molecule is C[C@@H]1CCc2c(sc3nc([C@@H](C)O)[nH]c(=O)c23)C1. The van der Waals surface area contributed by atoms with E-state index in [1.54, 1.807) is 18.3 Å². The molecule has 0 aliphatic heterocycles. The van der Waals surface area contributed by atoms with Crippen molar-refractivity contribution in [2.24, 2.45) is 5.92 Å². The summed E-state index contributed by atoms with van der Waals surface area (Å²) in [6.07, 6.45) is 2.41. The lowest BCUT2D eigenvalue weighted by Crippen LogP contribution is -2.15. The maximum atomic E-state index is 12.1. The molecule has 4 nitrogen and oxygen atoms in total. The summed E-state index contributed by atoms with van der Waals surface area (Å²) < 4.78 is 0. The molecule has 96 valence electrons. The first kappa shape index (κ1) is 11.9. The third-order valence-corrected chi connectivity index (χ3v) is 4.73. The average Bonchev–Trinajstić information content (AvgIpc) is 2.66. The minimum atomic E-state index is -0.736. The smallest absolute Gasteiger partial charge is 0.260 e. The maximum absolute atomic E-state index is 12.1. The second kappa shape index (κ2) is 4.17. The second-order valence-corrected chi connectivity index (χ2v) is 6.24. The molecule has 2 aromatic heterocycles. The van der Waals surface area contributed by atoms with E-state index in [0.29, 0.717) is 11.7 Å². The largest absolute Gasteiger partial charge is 0.385 e. The van der Waals surface area contributed by atoms with Gasteiger partial charge in [-0.25, -0.2) is 4.98 Å². The zero-order valence-corrected chi connectivity index (χ0v) is 11.3. The van der Waals surface area contributed by atoms with E-state index in [9.17, 15) is 9.90 Å². The van der Waals surface area contributed by atoms with Crippen LogP contribution in [0.25, 0.3) is 10.2 Å². The Morgan fingerprint density at radius 2 is 2.33 bits per heavy atom. The number of hydrogen-bond donors (Lipinski definition) is 2. The molecule has 1 aliphatic carbocycles. The van der Waals surface area contributed by atoms with Crippen LogP contribution in [0.15, 0.2) is 4.79 Å². The summed E-state index contributed by atoms with van der Waals surface area (Å²) in [6.45, 7) is 3.85. The van der Waals surface area contributed by atoms with Crippen molar-refractivity contribution in [1.29, 1.82) is 0 Å². The number of thiophene rings is 1. The fraction of sp³-hybridized carbons (Fsp3) is 0.538. The van der Waals surface area contributed by atoms with E-state index in [4.69, 9.17) is 0 Å². The van der Waals surface area contributed by atoms with Crippen molar-refractivity contribution in [2.75, 3.05) is 0 Å². The molecule has 0 spiro atoms. The van der Waals surface area contributed by atoms with Gasteiger partial charge < -0.3 is 10.1 Å². The Hall–Kier alpha value is -1.20. The summed E-state index contributed by atoms with van der Waals surface area (Å²) in [5, 5.41) is 10.3. The molecular weight excluding hydrogens is 248 g/mol. The molecule has 2 N–H and O–H groups in total. The van der Waals surface area contributed by atoms with Crippen molar-refractivity contribution < 1.29 is 5.11 Å². The molecule has 0 saturated heterocycles. The van der Waals surface area contributed by atoms with Crippen LogP contribution in [0.5, 0.6) is 0 Å². The Bertz CT molecular complexity index is 657. The number of aromatic amines is 1. The standard InChI is InChI=1S/C13H16N2O2S/c1-6-3-4-8-9(5-6)18-13-10(8)12(17)14-11(15-13)7(2)16/h6-7,16H,3-5H2,1-2H3,(H,14,15,17)/t6-,7-/m1/s1. The van der Waals surface area contributed by atoms with E-state index in [0.717, 1.165) is 29.5 Å². The number of H-pyrrole nitrogens is 1. The number of rotatable bonds is 1. The quantitative estimate of drug-likeness (QED) is 0.829. The molecule has 1 aliphatic rings. The van der Waals surface area contributed by atoms with Crippen LogP contribution in [-0.4, -0.2) is 15.1 Å². The number of fused-ring (bicyclic) bond motifs is 3. The summed E-state index contributed by atoms with van der Waals surface area (Å²) in [5.41, 5.74) is 1.07. The number of aliphatic hydroxyl groups is 1. The fourth-order valence-corrected chi connectivity index (χ4v) is 3.95. The van der Waals surface area contributed by atoms with Gasteiger partial charge in [0.2, 0.25) is 0 Å². The van der Waals surface area contributed by atoms with Crippen LogP contribution in [0, 0.1) is 5.92 Å². The monoisotopic (exact) mass is 264 g/mol. The molecule has 0 aromatic carbocycles. The molecule has 3 rings (SSSR count). The van der Waals surface area contributed by atoms with Crippen LogP contribution in [0.4, 0.5) is 0 Å². The van der Waals surface area contributed by atoms with Crippen LogP contribution >= 0.6 is 11.3 Å². The highest BCUT2D eigenvalue weighted by Crippen LogP contribution is 2.35. The van der Waals surface area contributed by atoms with Gasteiger partial charge in [-0.3, -0.25) is 4.79 Å². The lowest BCUT2D eigenvalue weighted by molar-refractivity contribution is 0.189. The number of aryl methyl sites for hydroxylation is 1. The Kier molecular flexibility index (Phi) is 2.75. The summed E-state index contributed by atoms with van der Waals surface area (Å²) >= 11 is 1.61. The first-order valence-electron chi connectivity index (χ1n) is 6.28. The molecule has 2 atom stereocenters. The van der Waals surface area contributed by atoms with Gasteiger partial charge in [-0.2, -0.15) is 0 Å². The molecule has 0 radical (unpaired) electrons. The number of nitrogens with one attached hydrogen (secondary N) is 1. The summed E-state index contributed by atoms with van der Waals surface area (Å²) in [6, 6.07) is 0. The molecule has 5 heteroatoms. The number of aliphatic hydroxyl groups excluding tert-OH is 1. The van der Waals surface area contributed by atoms with E-state index in [1.807, 2.05) is 0 Å². The van der Waals surface area contributed by atoms with Crippen molar-refractivity contribution in [2.45, 2.75) is 39.2 Å². The predicted molar refractivity (Wildman–Crippen MR) is 72.1 cm³/mol. The van der Waals surface area contributed by atoms with Crippen LogP contribution in [-0.2, 0) is 12.8 Å². The second-order valence-electron chi connectivity index (χ2n) is 5.16.